The van der Waals surface area contributed by atoms with E-state index in [-0.39, 0.29) is 5.54 Å². The molecule has 1 rings (SSSR count). The van der Waals surface area contributed by atoms with Crippen LogP contribution in [0.15, 0.2) is 0 Å². The summed E-state index contributed by atoms with van der Waals surface area (Å²) in [4.78, 5) is 0. The summed E-state index contributed by atoms with van der Waals surface area (Å²) in [6.07, 6.45) is 6.36. The predicted octanol–water partition coefficient (Wildman–Crippen LogP) is 1.57. The number of piperidine rings is 1. The van der Waals surface area contributed by atoms with Gasteiger partial charge in [-0.2, -0.15) is 0 Å². The number of nitrogens with two attached hydrogens (primary N) is 1. The van der Waals surface area contributed by atoms with Crippen LogP contribution in [0.25, 0.3) is 0 Å². The molecule has 2 N–H and O–H groups in total. The molecule has 0 aliphatic carbocycles. The van der Waals surface area contributed by atoms with Crippen molar-refractivity contribution < 1.29 is 8.42 Å². The van der Waals surface area contributed by atoms with Crippen LogP contribution < -0.4 is 5.73 Å². The maximum absolute atomic E-state index is 11.5. The topological polar surface area (TPSA) is 63.4 Å². The Labute approximate surface area is 106 Å². The zero-order valence-electron chi connectivity index (χ0n) is 11.3. The van der Waals surface area contributed by atoms with Gasteiger partial charge in [0.25, 0.3) is 0 Å². The van der Waals surface area contributed by atoms with E-state index in [9.17, 15) is 8.42 Å². The molecule has 0 spiro atoms. The van der Waals surface area contributed by atoms with Crippen molar-refractivity contribution >= 4 is 10.0 Å². The molecular formula is C12H26N2O2S. The lowest BCUT2D eigenvalue weighted by Crippen LogP contribution is -2.44. The van der Waals surface area contributed by atoms with Crippen LogP contribution >= 0.6 is 0 Å². The Kier molecular flexibility index (Phi) is 4.98. The summed E-state index contributed by atoms with van der Waals surface area (Å²) in [6, 6.07) is 0. The largest absolute Gasteiger partial charge is 0.325 e. The molecular weight excluding hydrogens is 236 g/mol. The summed E-state index contributed by atoms with van der Waals surface area (Å²) in [5, 5.41) is 0. The first-order valence-corrected chi connectivity index (χ1v) is 8.33. The molecule has 1 aliphatic heterocycles. The van der Waals surface area contributed by atoms with E-state index < -0.39 is 10.0 Å². The summed E-state index contributed by atoms with van der Waals surface area (Å²) in [7, 11) is -3.03. The average Bonchev–Trinajstić information content (AvgIpc) is 2.15. The Balaban J connectivity index is 2.56. The second-order valence-corrected chi connectivity index (χ2v) is 7.72. The van der Waals surface area contributed by atoms with E-state index in [1.165, 1.54) is 6.26 Å². The molecule has 1 heterocycles. The van der Waals surface area contributed by atoms with Gasteiger partial charge in [0.15, 0.2) is 0 Å². The average molecular weight is 262 g/mol. The van der Waals surface area contributed by atoms with Crippen LogP contribution in [0.2, 0.25) is 0 Å². The molecule has 4 nitrogen and oxygen atoms in total. The van der Waals surface area contributed by atoms with Crippen LogP contribution in [0.4, 0.5) is 0 Å². The Morgan fingerprint density at radius 3 is 2.65 bits per heavy atom. The molecule has 0 radical (unpaired) electrons. The lowest BCUT2D eigenvalue weighted by Gasteiger charge is -2.35. The fourth-order valence-electron chi connectivity index (χ4n) is 2.83. The summed E-state index contributed by atoms with van der Waals surface area (Å²) >= 11 is 0. The lowest BCUT2D eigenvalue weighted by molar-refractivity contribution is 0.215. The van der Waals surface area contributed by atoms with Crippen LogP contribution in [0, 0.1) is 5.92 Å². The summed E-state index contributed by atoms with van der Waals surface area (Å²) in [5.74, 6) is 0.417. The Morgan fingerprint density at radius 1 is 1.47 bits per heavy atom. The number of hydrogen-bond acceptors (Lipinski definition) is 3. The monoisotopic (exact) mass is 262 g/mol. The summed E-state index contributed by atoms with van der Waals surface area (Å²) in [6.45, 7) is 5.53. The fourth-order valence-corrected chi connectivity index (χ4v) is 3.77. The smallest absolute Gasteiger partial charge is 0.211 e. The molecule has 1 fully saturated rings. The van der Waals surface area contributed by atoms with E-state index in [0.717, 1.165) is 32.1 Å². The first-order valence-electron chi connectivity index (χ1n) is 6.48. The standard InChI is InChI=1S/C12H26N2O2S/c1-4-7-12(2,13)9-11-6-5-8-14(10-11)17(3,15)16/h11H,4-10,13H2,1-3H3. The molecule has 0 aromatic heterocycles. The molecule has 102 valence electrons. The molecule has 2 atom stereocenters. The molecule has 0 amide bonds. The van der Waals surface area contributed by atoms with E-state index in [1.807, 2.05) is 0 Å². The molecule has 0 saturated carbocycles. The number of hydrogen-bond donors (Lipinski definition) is 1. The van der Waals surface area contributed by atoms with Gasteiger partial charge in [-0.25, -0.2) is 12.7 Å². The van der Waals surface area contributed by atoms with Crippen molar-refractivity contribution in [1.29, 1.82) is 0 Å². The number of rotatable bonds is 5. The number of sulfonamides is 1. The first kappa shape index (κ1) is 14.9. The molecule has 1 saturated heterocycles. The van der Waals surface area contributed by atoms with Crippen LogP contribution in [0.1, 0.15) is 46.0 Å². The molecule has 1 aliphatic rings. The van der Waals surface area contributed by atoms with Gasteiger partial charge in [0.2, 0.25) is 10.0 Å². The quantitative estimate of drug-likeness (QED) is 0.818. The molecule has 17 heavy (non-hydrogen) atoms. The summed E-state index contributed by atoms with van der Waals surface area (Å²) < 4.78 is 24.6. The van der Waals surface area contributed by atoms with Gasteiger partial charge in [0, 0.05) is 18.6 Å². The van der Waals surface area contributed by atoms with E-state index in [4.69, 9.17) is 5.73 Å². The SMILES string of the molecule is CCCC(C)(N)CC1CCCN(S(C)(=O)=O)C1. The molecule has 0 aromatic carbocycles. The van der Waals surface area contributed by atoms with Gasteiger partial charge in [0.1, 0.15) is 0 Å². The Hall–Kier alpha value is -0.130. The van der Waals surface area contributed by atoms with Crippen molar-refractivity contribution in [2.75, 3.05) is 19.3 Å². The third kappa shape index (κ3) is 4.94. The number of nitrogens with zero attached hydrogens (tertiary/aromatic N) is 1. The van der Waals surface area contributed by atoms with Crippen molar-refractivity contribution in [2.45, 2.75) is 51.5 Å². The van der Waals surface area contributed by atoms with Gasteiger partial charge in [-0.3, -0.25) is 0 Å². The van der Waals surface area contributed by atoms with E-state index >= 15 is 0 Å². The minimum absolute atomic E-state index is 0.153. The highest BCUT2D eigenvalue weighted by Crippen LogP contribution is 2.27. The molecule has 0 bridgehead atoms. The van der Waals surface area contributed by atoms with Gasteiger partial charge in [-0.15, -0.1) is 0 Å². The maximum Gasteiger partial charge on any atom is 0.211 e. The second kappa shape index (κ2) is 5.67. The Bertz CT molecular complexity index is 338. The van der Waals surface area contributed by atoms with Gasteiger partial charge in [0.05, 0.1) is 6.26 Å². The minimum Gasteiger partial charge on any atom is -0.325 e. The van der Waals surface area contributed by atoms with Gasteiger partial charge in [-0.05, 0) is 38.5 Å². The lowest BCUT2D eigenvalue weighted by atomic mass is 9.83. The van der Waals surface area contributed by atoms with Crippen LogP contribution in [0.3, 0.4) is 0 Å². The third-order valence-corrected chi connectivity index (χ3v) is 4.80. The van der Waals surface area contributed by atoms with Crippen LogP contribution in [-0.2, 0) is 10.0 Å². The van der Waals surface area contributed by atoms with Crippen molar-refractivity contribution in [3.63, 3.8) is 0 Å². The van der Waals surface area contributed by atoms with E-state index in [2.05, 4.69) is 13.8 Å². The Morgan fingerprint density at radius 2 is 2.12 bits per heavy atom. The summed E-state index contributed by atoms with van der Waals surface area (Å²) in [5.41, 5.74) is 6.09. The first-order chi connectivity index (χ1) is 7.74. The van der Waals surface area contributed by atoms with Crippen LogP contribution in [-0.4, -0.2) is 37.6 Å². The highest BCUT2D eigenvalue weighted by molar-refractivity contribution is 7.88. The molecule has 0 aromatic rings. The van der Waals surface area contributed by atoms with Crippen molar-refractivity contribution in [3.05, 3.63) is 0 Å². The second-order valence-electron chi connectivity index (χ2n) is 5.74. The third-order valence-electron chi connectivity index (χ3n) is 3.53. The fraction of sp³-hybridized carbons (Fsp3) is 1.00. The van der Waals surface area contributed by atoms with Crippen molar-refractivity contribution in [1.82, 2.24) is 4.31 Å². The highest BCUT2D eigenvalue weighted by Gasteiger charge is 2.30. The molecule has 5 heteroatoms. The zero-order valence-corrected chi connectivity index (χ0v) is 12.1. The van der Waals surface area contributed by atoms with Gasteiger partial charge in [-0.1, -0.05) is 13.3 Å². The van der Waals surface area contributed by atoms with E-state index in [0.29, 0.717) is 19.0 Å². The highest BCUT2D eigenvalue weighted by atomic mass is 32.2. The molecule has 2 unspecified atom stereocenters. The van der Waals surface area contributed by atoms with Crippen molar-refractivity contribution in [3.8, 4) is 0 Å². The zero-order chi connectivity index (χ0) is 13.1. The van der Waals surface area contributed by atoms with Crippen LogP contribution in [0.5, 0.6) is 0 Å². The normalized spacial score (nSPS) is 26.7. The predicted molar refractivity (Wildman–Crippen MR) is 71.3 cm³/mol. The maximum atomic E-state index is 11.5. The van der Waals surface area contributed by atoms with Crippen molar-refractivity contribution in [2.24, 2.45) is 11.7 Å². The van der Waals surface area contributed by atoms with Gasteiger partial charge >= 0.3 is 0 Å². The van der Waals surface area contributed by atoms with E-state index in [1.54, 1.807) is 4.31 Å². The minimum atomic E-state index is -3.03. The van der Waals surface area contributed by atoms with Gasteiger partial charge < -0.3 is 5.73 Å².